The van der Waals surface area contributed by atoms with Gasteiger partial charge in [0.15, 0.2) is 11.5 Å². The van der Waals surface area contributed by atoms with Gasteiger partial charge in [-0.25, -0.2) is 9.78 Å². The van der Waals surface area contributed by atoms with E-state index >= 15 is 0 Å². The quantitative estimate of drug-likeness (QED) is 0.567. The van der Waals surface area contributed by atoms with Crippen LogP contribution in [0.2, 0.25) is 0 Å². The van der Waals surface area contributed by atoms with E-state index in [0.29, 0.717) is 33.7 Å². The number of benzene rings is 1. The van der Waals surface area contributed by atoms with Gasteiger partial charge in [0, 0.05) is 29.8 Å². The monoisotopic (exact) mass is 390 g/mol. The number of pyridine rings is 1. The molecule has 0 saturated heterocycles. The fourth-order valence-electron chi connectivity index (χ4n) is 3.10. The standard InChI is InChI=1S/C22H18N2O5/c1-12-19(25)13(2)22(27)29-20(12)17-11-15-10-14(7-8-16(15)28-17)21(26)24(3)18-6-4-5-9-23-18/h4-11,25H,1-3H3. The maximum absolute atomic E-state index is 12.8. The van der Waals surface area contributed by atoms with Crippen molar-refractivity contribution in [3.63, 3.8) is 0 Å². The smallest absolute Gasteiger partial charge is 0.343 e. The van der Waals surface area contributed by atoms with Crippen molar-refractivity contribution in [2.75, 3.05) is 11.9 Å². The first-order chi connectivity index (χ1) is 13.9. The van der Waals surface area contributed by atoms with E-state index in [4.69, 9.17) is 8.83 Å². The molecule has 0 aliphatic carbocycles. The maximum Gasteiger partial charge on any atom is 0.343 e. The Hall–Kier alpha value is -3.87. The molecule has 146 valence electrons. The molecule has 0 aliphatic heterocycles. The minimum Gasteiger partial charge on any atom is -0.507 e. The average molecular weight is 390 g/mol. The molecule has 3 aromatic heterocycles. The van der Waals surface area contributed by atoms with Crippen molar-refractivity contribution in [3.8, 4) is 17.3 Å². The third-order valence-electron chi connectivity index (χ3n) is 4.84. The summed E-state index contributed by atoms with van der Waals surface area (Å²) in [7, 11) is 1.66. The lowest BCUT2D eigenvalue weighted by Gasteiger charge is -2.15. The highest BCUT2D eigenvalue weighted by Gasteiger charge is 2.20. The highest BCUT2D eigenvalue weighted by atomic mass is 16.4. The summed E-state index contributed by atoms with van der Waals surface area (Å²) in [5.74, 6) is 0.659. The third-order valence-corrected chi connectivity index (χ3v) is 4.84. The molecule has 4 rings (SSSR count). The fourth-order valence-corrected chi connectivity index (χ4v) is 3.10. The van der Waals surface area contributed by atoms with Crippen LogP contribution in [0, 0.1) is 13.8 Å². The number of aromatic nitrogens is 1. The summed E-state index contributed by atoms with van der Waals surface area (Å²) in [4.78, 5) is 30.4. The van der Waals surface area contributed by atoms with Crippen molar-refractivity contribution in [1.29, 1.82) is 0 Å². The van der Waals surface area contributed by atoms with Crippen LogP contribution in [0.25, 0.3) is 22.5 Å². The van der Waals surface area contributed by atoms with Crippen LogP contribution in [0.15, 0.2) is 62.3 Å². The van der Waals surface area contributed by atoms with Gasteiger partial charge < -0.3 is 13.9 Å². The van der Waals surface area contributed by atoms with E-state index in [1.54, 1.807) is 56.6 Å². The zero-order valence-electron chi connectivity index (χ0n) is 16.1. The van der Waals surface area contributed by atoms with Gasteiger partial charge in [-0.05, 0) is 50.2 Å². The summed E-state index contributed by atoms with van der Waals surface area (Å²) in [6.45, 7) is 3.14. The van der Waals surface area contributed by atoms with Gasteiger partial charge in [-0.3, -0.25) is 9.69 Å². The number of rotatable bonds is 3. The van der Waals surface area contributed by atoms with Crippen LogP contribution in [0.1, 0.15) is 21.5 Å². The molecule has 0 bridgehead atoms. The molecule has 4 aromatic rings. The lowest BCUT2D eigenvalue weighted by molar-refractivity contribution is 0.0992. The molecule has 7 nitrogen and oxygen atoms in total. The number of nitrogens with zero attached hydrogens (tertiary/aromatic N) is 2. The lowest BCUT2D eigenvalue weighted by Crippen LogP contribution is -2.26. The van der Waals surface area contributed by atoms with Crippen molar-refractivity contribution in [2.45, 2.75) is 13.8 Å². The number of anilines is 1. The normalized spacial score (nSPS) is 11.0. The topological polar surface area (TPSA) is 96.8 Å². The maximum atomic E-state index is 12.8. The summed E-state index contributed by atoms with van der Waals surface area (Å²) in [6, 6.07) is 12.1. The molecule has 0 aliphatic rings. The molecule has 1 aromatic carbocycles. The zero-order chi connectivity index (χ0) is 20.7. The van der Waals surface area contributed by atoms with Gasteiger partial charge in [0.2, 0.25) is 0 Å². The zero-order valence-corrected chi connectivity index (χ0v) is 16.1. The highest BCUT2D eigenvalue weighted by molar-refractivity contribution is 6.07. The van der Waals surface area contributed by atoms with Crippen LogP contribution >= 0.6 is 0 Å². The summed E-state index contributed by atoms with van der Waals surface area (Å²) in [5, 5.41) is 10.8. The first kappa shape index (κ1) is 18.5. The second-order valence-corrected chi connectivity index (χ2v) is 6.73. The SMILES string of the molecule is Cc1c(-c2cc3cc(C(=O)N(C)c4ccccn4)ccc3o2)oc(=O)c(C)c1O. The molecule has 1 N–H and O–H groups in total. The van der Waals surface area contributed by atoms with Gasteiger partial charge in [0.1, 0.15) is 17.2 Å². The molecule has 0 unspecified atom stereocenters. The number of hydrogen-bond acceptors (Lipinski definition) is 6. The number of aromatic hydroxyl groups is 1. The van der Waals surface area contributed by atoms with Crippen molar-refractivity contribution < 1.29 is 18.7 Å². The molecule has 1 amide bonds. The molecule has 0 spiro atoms. The third kappa shape index (κ3) is 3.16. The molecule has 3 heterocycles. The number of carbonyl (C=O) groups excluding carboxylic acids is 1. The summed E-state index contributed by atoms with van der Waals surface area (Å²) in [5.41, 5.74) is 0.915. The first-order valence-corrected chi connectivity index (χ1v) is 8.93. The van der Waals surface area contributed by atoms with Gasteiger partial charge >= 0.3 is 5.63 Å². The number of furan rings is 1. The van der Waals surface area contributed by atoms with Crippen LogP contribution in [0.5, 0.6) is 5.75 Å². The van der Waals surface area contributed by atoms with Gasteiger partial charge in [0.25, 0.3) is 5.91 Å². The number of fused-ring (bicyclic) bond motifs is 1. The molecule has 7 heteroatoms. The highest BCUT2D eigenvalue weighted by Crippen LogP contribution is 2.34. The second-order valence-electron chi connectivity index (χ2n) is 6.73. The Bertz CT molecular complexity index is 1290. The van der Waals surface area contributed by atoms with E-state index < -0.39 is 5.63 Å². The van der Waals surface area contributed by atoms with E-state index in [2.05, 4.69) is 4.98 Å². The Morgan fingerprint density at radius 3 is 2.59 bits per heavy atom. The van der Waals surface area contributed by atoms with Crippen LogP contribution in [-0.4, -0.2) is 23.0 Å². The van der Waals surface area contributed by atoms with Crippen molar-refractivity contribution in [1.82, 2.24) is 4.98 Å². The lowest BCUT2D eigenvalue weighted by atomic mass is 10.1. The molecule has 0 saturated carbocycles. The van der Waals surface area contributed by atoms with E-state index in [0.717, 1.165) is 0 Å². The largest absolute Gasteiger partial charge is 0.507 e. The number of hydrogen-bond donors (Lipinski definition) is 1. The Labute approximate surface area is 165 Å². The molecule has 29 heavy (non-hydrogen) atoms. The molecule has 0 radical (unpaired) electrons. The Kier molecular flexibility index (Phi) is 4.43. The Morgan fingerprint density at radius 2 is 1.86 bits per heavy atom. The summed E-state index contributed by atoms with van der Waals surface area (Å²) >= 11 is 0. The van der Waals surface area contributed by atoms with Crippen LogP contribution in [-0.2, 0) is 0 Å². The van der Waals surface area contributed by atoms with E-state index in [1.807, 2.05) is 6.07 Å². The van der Waals surface area contributed by atoms with E-state index in [9.17, 15) is 14.7 Å². The molecular formula is C22H18N2O5. The van der Waals surface area contributed by atoms with Gasteiger partial charge in [-0.2, -0.15) is 0 Å². The fraction of sp³-hybridized carbons (Fsp3) is 0.136. The van der Waals surface area contributed by atoms with Gasteiger partial charge in [0.05, 0.1) is 5.56 Å². The van der Waals surface area contributed by atoms with E-state index in [1.165, 1.54) is 11.8 Å². The van der Waals surface area contributed by atoms with Crippen molar-refractivity contribution >= 4 is 22.7 Å². The predicted molar refractivity (Wildman–Crippen MR) is 108 cm³/mol. The minimum absolute atomic E-state index is 0.121. The molecule has 0 fully saturated rings. The summed E-state index contributed by atoms with van der Waals surface area (Å²) < 4.78 is 11.1. The first-order valence-electron chi connectivity index (χ1n) is 8.93. The average Bonchev–Trinajstić information content (AvgIpc) is 3.17. The number of amides is 1. The van der Waals surface area contributed by atoms with E-state index in [-0.39, 0.29) is 23.0 Å². The molecular weight excluding hydrogens is 372 g/mol. The van der Waals surface area contributed by atoms with Gasteiger partial charge in [-0.15, -0.1) is 0 Å². The van der Waals surface area contributed by atoms with Crippen LogP contribution in [0.3, 0.4) is 0 Å². The van der Waals surface area contributed by atoms with Crippen LogP contribution in [0.4, 0.5) is 5.82 Å². The second kappa shape index (κ2) is 6.94. The Balaban J connectivity index is 1.74. The van der Waals surface area contributed by atoms with Crippen LogP contribution < -0.4 is 10.5 Å². The number of carbonyl (C=O) groups is 1. The predicted octanol–water partition coefficient (Wildman–Crippen LogP) is 4.05. The van der Waals surface area contributed by atoms with Crippen molar-refractivity contribution in [3.05, 3.63) is 75.8 Å². The minimum atomic E-state index is -0.628. The Morgan fingerprint density at radius 1 is 1.07 bits per heavy atom. The molecule has 0 atom stereocenters. The summed E-state index contributed by atoms with van der Waals surface area (Å²) in [6.07, 6.45) is 1.62. The van der Waals surface area contributed by atoms with Crippen molar-refractivity contribution in [2.24, 2.45) is 0 Å². The van der Waals surface area contributed by atoms with Gasteiger partial charge in [-0.1, -0.05) is 6.07 Å².